The fourth-order valence-electron chi connectivity index (χ4n) is 9.89. The van der Waals surface area contributed by atoms with Crippen LogP contribution in [0, 0.1) is 17.3 Å². The van der Waals surface area contributed by atoms with Crippen molar-refractivity contribution in [2.24, 2.45) is 22.4 Å². The number of aryl methyl sites for hydroxylation is 1. The Morgan fingerprint density at radius 2 is 1.45 bits per heavy atom. The molecule has 2 fully saturated rings. The molecule has 0 bridgehead atoms. The van der Waals surface area contributed by atoms with Gasteiger partial charge in [-0.05, 0) is 110 Å². The summed E-state index contributed by atoms with van der Waals surface area (Å²) in [4.78, 5) is 41.1. The van der Waals surface area contributed by atoms with Gasteiger partial charge in [-0.3, -0.25) is 0 Å². The molecule has 0 unspecified atom stereocenters. The lowest BCUT2D eigenvalue weighted by Gasteiger charge is -2.50. The lowest BCUT2D eigenvalue weighted by atomic mass is 9.54. The predicted molar refractivity (Wildman–Crippen MR) is 234 cm³/mol. The molecule has 14 heteroatoms. The Bertz CT molecular complexity index is 2400. The third-order valence-electron chi connectivity index (χ3n) is 13.0. The molecule has 0 radical (unpaired) electrons. The standard InChI is InChI=1S/C50H54N4O10/c1-4-14-41-40-23-21-35-27-37(22-24-38(35)39(40)25-26-50(41,2)31-51-58)60-30-36-28-54(53-52-36)29-42-43(62-46(55)32-15-8-5-9-16-32)44(63-47(56)33-17-10-6-11-18-33)45(49(59-3)61-42)64-48(57)34-19-12-7-13-20-34/h5-13,15-20,22,24,27-28,31,39-45,49,58H,4,14,21,23,25-26,29-30H2,1-3H3/b51-31+/t39-,40-,41+,42-,43-,44+,45-,49+,50-/m1/s1. The highest BCUT2D eigenvalue weighted by atomic mass is 16.7. The fourth-order valence-corrected chi connectivity index (χ4v) is 9.89. The van der Waals surface area contributed by atoms with Gasteiger partial charge in [-0.15, -0.1) is 10.3 Å². The first kappa shape index (κ1) is 44.2. The quantitative estimate of drug-likeness (QED) is 0.0352. The molecule has 8 rings (SSSR count). The van der Waals surface area contributed by atoms with E-state index in [9.17, 15) is 19.6 Å². The fraction of sp³-hybridized carbons (Fsp3) is 0.400. The summed E-state index contributed by atoms with van der Waals surface area (Å²) < 4.78 is 38.3. The minimum absolute atomic E-state index is 0.0258. The van der Waals surface area contributed by atoms with E-state index in [4.69, 9.17) is 28.4 Å². The summed E-state index contributed by atoms with van der Waals surface area (Å²) in [6.07, 6.45) is 3.34. The summed E-state index contributed by atoms with van der Waals surface area (Å²) in [5.41, 5.74) is 3.84. The van der Waals surface area contributed by atoms with Crippen LogP contribution in [0.4, 0.5) is 0 Å². The number of ether oxygens (including phenoxy) is 6. The zero-order chi connectivity index (χ0) is 44.6. The summed E-state index contributed by atoms with van der Waals surface area (Å²) in [5.74, 6) is 0.00304. The highest BCUT2D eigenvalue weighted by molar-refractivity contribution is 5.91. The molecule has 1 saturated heterocycles. The van der Waals surface area contributed by atoms with Crippen molar-refractivity contribution in [1.29, 1.82) is 0 Å². The highest BCUT2D eigenvalue weighted by Gasteiger charge is 2.53. The third-order valence-corrected chi connectivity index (χ3v) is 13.0. The van der Waals surface area contributed by atoms with E-state index < -0.39 is 48.6 Å². The normalized spacial score (nSPS) is 26.3. The number of aromatic nitrogens is 3. The second-order valence-electron chi connectivity index (χ2n) is 17.1. The second-order valence-corrected chi connectivity index (χ2v) is 17.1. The SMILES string of the molecule is CCC[C@H]1[C@@H]2CCc3cc(OCc4cn(C[C@H]5O[C@H](OC)[C@H](OC(=O)c6ccccc6)[C@@H](OC(=O)c6ccccc6)[C@@H]5OC(=O)c5ccccc5)nn4)ccc3[C@H]2CC[C@]1(C)/C=N/O. The van der Waals surface area contributed by atoms with E-state index in [0.717, 1.165) is 44.3 Å². The Hall–Kier alpha value is -6.38. The largest absolute Gasteiger partial charge is 0.487 e. The van der Waals surface area contributed by atoms with Crippen LogP contribution in [0.5, 0.6) is 5.75 Å². The van der Waals surface area contributed by atoms with Gasteiger partial charge in [0, 0.05) is 18.7 Å². The van der Waals surface area contributed by atoms with Crippen LogP contribution in [-0.2, 0) is 43.3 Å². The maximum absolute atomic E-state index is 13.8. The van der Waals surface area contributed by atoms with Gasteiger partial charge < -0.3 is 33.6 Å². The number of esters is 3. The number of oxime groups is 1. The van der Waals surface area contributed by atoms with Crippen molar-refractivity contribution in [3.8, 4) is 5.75 Å². The lowest BCUT2D eigenvalue weighted by Crippen LogP contribution is -2.62. The van der Waals surface area contributed by atoms with Gasteiger partial charge in [0.25, 0.3) is 0 Å². The Kier molecular flexibility index (Phi) is 13.8. The third kappa shape index (κ3) is 9.73. The molecule has 334 valence electrons. The molecule has 0 amide bonds. The minimum Gasteiger partial charge on any atom is -0.487 e. The van der Waals surface area contributed by atoms with E-state index >= 15 is 0 Å². The number of hydrogen-bond donors (Lipinski definition) is 1. The molecule has 2 aliphatic carbocycles. The van der Waals surface area contributed by atoms with Crippen LogP contribution < -0.4 is 4.74 Å². The first-order valence-corrected chi connectivity index (χ1v) is 22.0. The second kappa shape index (κ2) is 20.0. The predicted octanol–water partition coefficient (Wildman–Crippen LogP) is 8.23. The Balaban J connectivity index is 1.02. The van der Waals surface area contributed by atoms with Gasteiger partial charge in [0.1, 0.15) is 24.2 Å². The Morgan fingerprint density at radius 3 is 2.05 bits per heavy atom. The molecular formula is C50H54N4O10. The molecule has 4 aromatic carbocycles. The van der Waals surface area contributed by atoms with Crippen LogP contribution in [0.3, 0.4) is 0 Å². The molecule has 1 saturated carbocycles. The molecule has 14 nitrogen and oxygen atoms in total. The minimum atomic E-state index is -1.40. The van der Waals surface area contributed by atoms with Crippen molar-refractivity contribution in [3.63, 3.8) is 0 Å². The molecule has 1 aromatic heterocycles. The Labute approximate surface area is 372 Å². The number of hydrogen-bond acceptors (Lipinski definition) is 13. The summed E-state index contributed by atoms with van der Waals surface area (Å²) in [7, 11) is 1.38. The molecule has 5 aromatic rings. The highest BCUT2D eigenvalue weighted by Crippen LogP contribution is 2.55. The van der Waals surface area contributed by atoms with Crippen molar-refractivity contribution >= 4 is 24.1 Å². The topological polar surface area (TPSA) is 170 Å². The number of rotatable bonds is 15. The van der Waals surface area contributed by atoms with E-state index in [1.54, 1.807) is 103 Å². The average Bonchev–Trinajstić information content (AvgIpc) is 3.78. The molecule has 1 N–H and O–H groups in total. The van der Waals surface area contributed by atoms with Crippen LogP contribution in [0.15, 0.2) is 121 Å². The zero-order valence-electron chi connectivity index (χ0n) is 36.2. The van der Waals surface area contributed by atoms with Crippen molar-refractivity contribution in [2.75, 3.05) is 7.11 Å². The van der Waals surface area contributed by atoms with Crippen molar-refractivity contribution in [3.05, 3.63) is 149 Å². The smallest absolute Gasteiger partial charge is 0.338 e. The van der Waals surface area contributed by atoms with Gasteiger partial charge in [0.05, 0.1) is 29.4 Å². The number of carbonyl (C=O) groups is 3. The average molecular weight is 871 g/mol. The number of carbonyl (C=O) groups excluding carboxylic acids is 3. The van der Waals surface area contributed by atoms with Crippen molar-refractivity contribution in [2.45, 2.75) is 102 Å². The number of benzene rings is 4. The zero-order valence-corrected chi connectivity index (χ0v) is 36.2. The molecule has 1 aliphatic heterocycles. The van der Waals surface area contributed by atoms with Gasteiger partial charge in [0.2, 0.25) is 0 Å². The summed E-state index contributed by atoms with van der Waals surface area (Å²) in [6, 6.07) is 31.4. The Morgan fingerprint density at radius 1 is 0.844 bits per heavy atom. The summed E-state index contributed by atoms with van der Waals surface area (Å²) >= 11 is 0. The van der Waals surface area contributed by atoms with Gasteiger partial charge in [-0.1, -0.05) is 86.1 Å². The van der Waals surface area contributed by atoms with Crippen LogP contribution in [0.1, 0.15) is 99.8 Å². The number of nitrogens with zero attached hydrogens (tertiary/aromatic N) is 4. The first-order valence-electron chi connectivity index (χ1n) is 22.0. The van der Waals surface area contributed by atoms with Gasteiger partial charge >= 0.3 is 17.9 Å². The monoisotopic (exact) mass is 870 g/mol. The first-order chi connectivity index (χ1) is 31.2. The van der Waals surface area contributed by atoms with Crippen molar-refractivity contribution < 1.29 is 48.0 Å². The van der Waals surface area contributed by atoms with Crippen molar-refractivity contribution in [1.82, 2.24) is 15.0 Å². The molecule has 0 spiro atoms. The van der Waals surface area contributed by atoms with E-state index in [-0.39, 0.29) is 35.3 Å². The van der Waals surface area contributed by atoms with E-state index in [1.165, 1.54) is 22.9 Å². The van der Waals surface area contributed by atoms with Crippen LogP contribution in [-0.4, -0.2) is 82.1 Å². The van der Waals surface area contributed by atoms with E-state index in [1.807, 2.05) is 6.07 Å². The van der Waals surface area contributed by atoms with E-state index in [2.05, 4.69) is 41.4 Å². The summed E-state index contributed by atoms with van der Waals surface area (Å²) in [5, 5.41) is 21.7. The maximum atomic E-state index is 13.8. The molecule has 64 heavy (non-hydrogen) atoms. The van der Waals surface area contributed by atoms with E-state index in [0.29, 0.717) is 23.4 Å². The van der Waals surface area contributed by atoms with Gasteiger partial charge in [-0.25, -0.2) is 19.1 Å². The van der Waals surface area contributed by atoms with Crippen LogP contribution in [0.25, 0.3) is 0 Å². The summed E-state index contributed by atoms with van der Waals surface area (Å²) in [6.45, 7) is 4.58. The maximum Gasteiger partial charge on any atom is 0.338 e. The molecule has 3 aliphatic rings. The molecule has 9 atom stereocenters. The van der Waals surface area contributed by atoms with Crippen LogP contribution in [0.2, 0.25) is 0 Å². The van der Waals surface area contributed by atoms with Gasteiger partial charge in [-0.2, -0.15) is 0 Å². The number of fused-ring (bicyclic) bond motifs is 3. The molecular weight excluding hydrogens is 817 g/mol. The van der Waals surface area contributed by atoms with Gasteiger partial charge in [0.15, 0.2) is 24.6 Å². The number of methoxy groups -OCH3 is 1. The molecule has 2 heterocycles. The lowest BCUT2D eigenvalue weighted by molar-refractivity contribution is -0.289. The van der Waals surface area contributed by atoms with Crippen LogP contribution >= 0.6 is 0 Å².